The Bertz CT molecular complexity index is 939. The molecule has 5 nitrogen and oxygen atoms in total. The number of hydrogen-bond donors (Lipinski definition) is 1. The maximum absolute atomic E-state index is 11.2. The Morgan fingerprint density at radius 2 is 1.76 bits per heavy atom. The number of rotatable bonds is 4. The van der Waals surface area contributed by atoms with Gasteiger partial charge in [-0.1, -0.05) is 23.7 Å². The van der Waals surface area contributed by atoms with E-state index in [9.17, 15) is 9.90 Å². The molecule has 3 aromatic rings. The molecule has 3 rings (SSSR count). The van der Waals surface area contributed by atoms with Crippen molar-refractivity contribution in [1.29, 1.82) is 0 Å². The summed E-state index contributed by atoms with van der Waals surface area (Å²) in [7, 11) is 1.95. The number of fused-ring (bicyclic) bond motifs is 1. The molecule has 0 bridgehead atoms. The zero-order chi connectivity index (χ0) is 18.1. The third-order valence-corrected chi connectivity index (χ3v) is 4.37. The lowest BCUT2D eigenvalue weighted by atomic mass is 10.1. The molecule has 0 saturated carbocycles. The second-order valence-corrected chi connectivity index (χ2v) is 6.55. The number of carbonyl (C=O) groups is 1. The molecule has 2 aromatic carbocycles. The van der Waals surface area contributed by atoms with Crippen LogP contribution in [0.3, 0.4) is 0 Å². The molecule has 0 saturated heterocycles. The first-order valence-corrected chi connectivity index (χ1v) is 8.28. The molecule has 0 radical (unpaired) electrons. The molecular weight excluding hydrogens is 338 g/mol. The van der Waals surface area contributed by atoms with Gasteiger partial charge in [0, 0.05) is 23.7 Å². The predicted molar refractivity (Wildman–Crippen MR) is 100 cm³/mol. The second kappa shape index (κ2) is 6.69. The molecule has 128 valence electrons. The summed E-state index contributed by atoms with van der Waals surface area (Å²) in [5.41, 5.74) is 3.04. The van der Waals surface area contributed by atoms with E-state index in [-0.39, 0.29) is 11.6 Å². The first kappa shape index (κ1) is 17.2. The molecular formula is C19H18ClN3O2. The topological polar surface area (TPSA) is 66.3 Å². The number of benzene rings is 2. The van der Waals surface area contributed by atoms with Gasteiger partial charge in [-0.15, -0.1) is 0 Å². The van der Waals surface area contributed by atoms with Crippen molar-refractivity contribution in [2.45, 2.75) is 19.9 Å². The summed E-state index contributed by atoms with van der Waals surface area (Å²) in [5.74, 6) is -0.281. The average Bonchev–Trinajstić information content (AvgIpc) is 2.60. The Kier molecular flexibility index (Phi) is 4.59. The summed E-state index contributed by atoms with van der Waals surface area (Å²) >= 11 is 5.99. The van der Waals surface area contributed by atoms with Gasteiger partial charge in [0.05, 0.1) is 16.6 Å². The van der Waals surface area contributed by atoms with Crippen LogP contribution in [0, 0.1) is 0 Å². The first-order valence-electron chi connectivity index (χ1n) is 7.90. The zero-order valence-electron chi connectivity index (χ0n) is 14.2. The average molecular weight is 356 g/mol. The second-order valence-electron chi connectivity index (χ2n) is 6.12. The van der Waals surface area contributed by atoms with E-state index in [4.69, 9.17) is 21.6 Å². The number of nitrogens with zero attached hydrogens (tertiary/aromatic N) is 3. The number of carboxylic acid groups (broad SMARTS) is 1. The van der Waals surface area contributed by atoms with Gasteiger partial charge in [-0.05, 0) is 44.2 Å². The molecule has 0 unspecified atom stereocenters. The van der Waals surface area contributed by atoms with Gasteiger partial charge in [0.2, 0.25) is 0 Å². The fourth-order valence-corrected chi connectivity index (χ4v) is 2.60. The molecule has 0 atom stereocenters. The molecule has 1 aromatic heterocycles. The van der Waals surface area contributed by atoms with E-state index in [2.05, 4.69) is 13.8 Å². The van der Waals surface area contributed by atoms with Gasteiger partial charge >= 0.3 is 5.97 Å². The van der Waals surface area contributed by atoms with E-state index in [1.807, 2.05) is 36.2 Å². The third kappa shape index (κ3) is 3.42. The smallest absolute Gasteiger partial charge is 0.335 e. The Morgan fingerprint density at radius 3 is 2.36 bits per heavy atom. The number of anilines is 1. The number of hydrogen-bond acceptors (Lipinski definition) is 4. The minimum atomic E-state index is -0.982. The van der Waals surface area contributed by atoms with Gasteiger partial charge in [0.1, 0.15) is 5.69 Å². The highest BCUT2D eigenvalue weighted by Gasteiger charge is 2.17. The van der Waals surface area contributed by atoms with Crippen LogP contribution in [-0.2, 0) is 0 Å². The molecule has 6 heteroatoms. The minimum absolute atomic E-state index is 0.194. The van der Waals surface area contributed by atoms with E-state index in [0.29, 0.717) is 21.9 Å². The number of carboxylic acids is 1. The molecule has 0 fully saturated rings. The number of aromatic nitrogens is 2. The van der Waals surface area contributed by atoms with Crippen molar-refractivity contribution < 1.29 is 9.90 Å². The van der Waals surface area contributed by atoms with Gasteiger partial charge in [0.25, 0.3) is 0 Å². The molecule has 1 heterocycles. The SMILES string of the molecule is CC(C)N(C)c1nc2cc(C(=O)O)ccc2nc1-c1ccc(Cl)cc1. The molecule has 1 N–H and O–H groups in total. The van der Waals surface area contributed by atoms with Crippen LogP contribution in [0.1, 0.15) is 24.2 Å². The normalized spacial score (nSPS) is 11.1. The zero-order valence-corrected chi connectivity index (χ0v) is 14.9. The van der Waals surface area contributed by atoms with Crippen LogP contribution in [0.4, 0.5) is 5.82 Å². The van der Waals surface area contributed by atoms with Crippen LogP contribution in [0.5, 0.6) is 0 Å². The quantitative estimate of drug-likeness (QED) is 0.746. The van der Waals surface area contributed by atoms with Crippen LogP contribution in [0.25, 0.3) is 22.3 Å². The standard InChI is InChI=1S/C19H18ClN3O2/c1-11(2)23(3)18-17(12-4-7-14(20)8-5-12)21-15-9-6-13(19(24)25)10-16(15)22-18/h4-11H,1-3H3,(H,24,25). The van der Waals surface area contributed by atoms with Gasteiger partial charge in [-0.3, -0.25) is 0 Å². The lowest BCUT2D eigenvalue weighted by molar-refractivity contribution is 0.0697. The first-order chi connectivity index (χ1) is 11.9. The maximum Gasteiger partial charge on any atom is 0.335 e. The van der Waals surface area contributed by atoms with Crippen LogP contribution in [0.15, 0.2) is 42.5 Å². The molecule has 0 spiro atoms. The van der Waals surface area contributed by atoms with Crippen LogP contribution in [-0.4, -0.2) is 34.1 Å². The molecule has 0 aliphatic carbocycles. The lowest BCUT2D eigenvalue weighted by Gasteiger charge is -2.25. The molecule has 0 amide bonds. The van der Waals surface area contributed by atoms with Crippen molar-refractivity contribution in [3.8, 4) is 11.3 Å². The molecule has 25 heavy (non-hydrogen) atoms. The third-order valence-electron chi connectivity index (χ3n) is 4.12. The highest BCUT2D eigenvalue weighted by Crippen LogP contribution is 2.31. The monoisotopic (exact) mass is 355 g/mol. The molecule has 0 aliphatic rings. The minimum Gasteiger partial charge on any atom is -0.478 e. The van der Waals surface area contributed by atoms with Crippen molar-refractivity contribution in [3.63, 3.8) is 0 Å². The van der Waals surface area contributed by atoms with Crippen molar-refractivity contribution in [3.05, 3.63) is 53.1 Å². The van der Waals surface area contributed by atoms with Crippen LogP contribution < -0.4 is 4.90 Å². The lowest BCUT2D eigenvalue weighted by Crippen LogP contribution is -2.27. The maximum atomic E-state index is 11.2. The van der Waals surface area contributed by atoms with Gasteiger partial charge in [-0.2, -0.15) is 0 Å². The van der Waals surface area contributed by atoms with Crippen LogP contribution in [0.2, 0.25) is 5.02 Å². The largest absolute Gasteiger partial charge is 0.478 e. The van der Waals surface area contributed by atoms with Gasteiger partial charge in [0.15, 0.2) is 5.82 Å². The van der Waals surface area contributed by atoms with Gasteiger partial charge in [-0.25, -0.2) is 14.8 Å². The molecule has 0 aliphatic heterocycles. The summed E-state index contributed by atoms with van der Waals surface area (Å²) in [6.07, 6.45) is 0. The van der Waals surface area contributed by atoms with E-state index in [1.54, 1.807) is 12.1 Å². The summed E-state index contributed by atoms with van der Waals surface area (Å²) < 4.78 is 0. The van der Waals surface area contributed by atoms with E-state index < -0.39 is 5.97 Å². The van der Waals surface area contributed by atoms with Gasteiger partial charge < -0.3 is 10.0 Å². The van der Waals surface area contributed by atoms with Crippen LogP contribution >= 0.6 is 11.6 Å². The van der Waals surface area contributed by atoms with E-state index in [1.165, 1.54) is 6.07 Å². The summed E-state index contributed by atoms with van der Waals surface area (Å²) in [4.78, 5) is 22.7. The van der Waals surface area contributed by atoms with Crippen molar-refractivity contribution in [2.75, 3.05) is 11.9 Å². The Morgan fingerprint density at radius 1 is 1.08 bits per heavy atom. The summed E-state index contributed by atoms with van der Waals surface area (Å²) in [6, 6.07) is 12.4. The highest BCUT2D eigenvalue weighted by molar-refractivity contribution is 6.30. The fourth-order valence-electron chi connectivity index (χ4n) is 2.47. The fraction of sp³-hybridized carbons (Fsp3) is 0.211. The number of halogens is 1. The number of aromatic carboxylic acids is 1. The Balaban J connectivity index is 2.26. The highest BCUT2D eigenvalue weighted by atomic mass is 35.5. The van der Waals surface area contributed by atoms with E-state index in [0.717, 1.165) is 11.3 Å². The Hall–Kier alpha value is -2.66. The summed E-state index contributed by atoms with van der Waals surface area (Å²) in [5, 5.41) is 9.85. The van der Waals surface area contributed by atoms with Crippen molar-refractivity contribution in [2.24, 2.45) is 0 Å². The Labute approximate surface area is 150 Å². The summed E-state index contributed by atoms with van der Waals surface area (Å²) in [6.45, 7) is 4.12. The van der Waals surface area contributed by atoms with E-state index >= 15 is 0 Å². The predicted octanol–water partition coefficient (Wildman–Crippen LogP) is 4.49. The van der Waals surface area contributed by atoms with Crippen molar-refractivity contribution >= 4 is 34.4 Å². The van der Waals surface area contributed by atoms with Crippen molar-refractivity contribution in [1.82, 2.24) is 9.97 Å².